The highest BCUT2D eigenvalue weighted by Crippen LogP contribution is 2.30. The van der Waals surface area contributed by atoms with Crippen molar-refractivity contribution in [2.24, 2.45) is 5.92 Å². The van der Waals surface area contributed by atoms with Gasteiger partial charge in [-0.15, -0.1) is 0 Å². The van der Waals surface area contributed by atoms with Gasteiger partial charge in [0.05, 0.1) is 19.1 Å². The number of aliphatic hydroxyl groups is 1. The number of nitrogens with one attached hydrogen (secondary N) is 1. The molecular weight excluding hydrogens is 270 g/mol. The molecule has 1 aromatic carbocycles. The number of hydrogen-bond donors (Lipinski definition) is 2. The summed E-state index contributed by atoms with van der Waals surface area (Å²) in [5.74, 6) is -1.57. The number of amides is 1. The Labute approximate surface area is 125 Å². The van der Waals surface area contributed by atoms with E-state index in [4.69, 9.17) is 9.47 Å². The average Bonchev–Trinajstić information content (AvgIpc) is 2.93. The van der Waals surface area contributed by atoms with Crippen LogP contribution in [0.4, 0.5) is 0 Å². The first-order chi connectivity index (χ1) is 10.2. The summed E-state index contributed by atoms with van der Waals surface area (Å²) in [7, 11) is 0. The zero-order valence-corrected chi connectivity index (χ0v) is 12.4. The first kappa shape index (κ1) is 15.9. The molecule has 1 amide bonds. The Kier molecular flexibility index (Phi) is 5.73. The highest BCUT2D eigenvalue weighted by atomic mass is 16.7. The van der Waals surface area contributed by atoms with Gasteiger partial charge in [-0.3, -0.25) is 4.79 Å². The number of rotatable bonds is 7. The molecule has 0 aliphatic carbocycles. The third-order valence-electron chi connectivity index (χ3n) is 3.78. The number of aliphatic hydroxyl groups excluding tert-OH is 1. The molecule has 0 spiro atoms. The second-order valence-electron chi connectivity index (χ2n) is 5.30. The first-order valence-corrected chi connectivity index (χ1v) is 7.36. The van der Waals surface area contributed by atoms with Gasteiger partial charge in [0.1, 0.15) is 0 Å². The first-order valence-electron chi connectivity index (χ1n) is 7.36. The van der Waals surface area contributed by atoms with Crippen LogP contribution in [0.3, 0.4) is 0 Å². The van der Waals surface area contributed by atoms with Gasteiger partial charge >= 0.3 is 0 Å². The van der Waals surface area contributed by atoms with Crippen molar-refractivity contribution in [3.05, 3.63) is 35.9 Å². The van der Waals surface area contributed by atoms with Crippen molar-refractivity contribution in [2.75, 3.05) is 26.4 Å². The molecule has 1 aliphatic heterocycles. The topological polar surface area (TPSA) is 67.8 Å². The fourth-order valence-corrected chi connectivity index (χ4v) is 2.59. The van der Waals surface area contributed by atoms with Crippen LogP contribution in [0.2, 0.25) is 0 Å². The maximum atomic E-state index is 12.3. The molecule has 21 heavy (non-hydrogen) atoms. The van der Waals surface area contributed by atoms with Crippen LogP contribution in [0, 0.1) is 5.92 Å². The summed E-state index contributed by atoms with van der Waals surface area (Å²) < 4.78 is 11.1. The molecular formula is C16H23NO4. The lowest BCUT2D eigenvalue weighted by Gasteiger charge is -2.30. The van der Waals surface area contributed by atoms with Crippen LogP contribution in [-0.2, 0) is 20.7 Å². The molecule has 0 saturated carbocycles. The van der Waals surface area contributed by atoms with Crippen molar-refractivity contribution < 1.29 is 19.4 Å². The van der Waals surface area contributed by atoms with Gasteiger partial charge in [0.15, 0.2) is 5.79 Å². The predicted octanol–water partition coefficient (Wildman–Crippen LogP) is 1.11. The Morgan fingerprint density at radius 3 is 2.62 bits per heavy atom. The fourth-order valence-electron chi connectivity index (χ4n) is 2.59. The predicted molar refractivity (Wildman–Crippen MR) is 78.7 cm³/mol. The van der Waals surface area contributed by atoms with Crippen LogP contribution in [0.25, 0.3) is 0 Å². The molecule has 1 aromatic rings. The van der Waals surface area contributed by atoms with E-state index in [1.54, 1.807) is 6.92 Å². The minimum atomic E-state index is -0.931. The van der Waals surface area contributed by atoms with Gasteiger partial charge in [-0.05, 0) is 25.3 Å². The van der Waals surface area contributed by atoms with E-state index in [-0.39, 0.29) is 12.5 Å². The van der Waals surface area contributed by atoms with Gasteiger partial charge in [-0.2, -0.15) is 0 Å². The lowest BCUT2D eigenvalue weighted by atomic mass is 9.95. The minimum absolute atomic E-state index is 0.0704. The van der Waals surface area contributed by atoms with Gasteiger partial charge in [-0.1, -0.05) is 30.3 Å². The molecule has 1 unspecified atom stereocenters. The molecule has 0 aromatic heterocycles. The maximum absolute atomic E-state index is 12.3. The number of carbonyl (C=O) groups is 1. The molecule has 116 valence electrons. The normalized spacial score (nSPS) is 18.4. The summed E-state index contributed by atoms with van der Waals surface area (Å²) in [6, 6.07) is 9.98. The zero-order chi connectivity index (χ0) is 15.1. The molecule has 1 heterocycles. The smallest absolute Gasteiger partial charge is 0.228 e. The summed E-state index contributed by atoms with van der Waals surface area (Å²) in [6.45, 7) is 3.21. The van der Waals surface area contributed by atoms with Crippen LogP contribution in [0.5, 0.6) is 0 Å². The van der Waals surface area contributed by atoms with Gasteiger partial charge < -0.3 is 19.9 Å². The second-order valence-corrected chi connectivity index (χ2v) is 5.30. The molecule has 5 heteroatoms. The number of carbonyl (C=O) groups excluding carboxylic acids is 1. The largest absolute Gasteiger partial charge is 0.396 e. The SMILES string of the molecule is CC1(C(CCO)C(=O)NCCc2ccccc2)OCCO1. The van der Waals surface area contributed by atoms with Gasteiger partial charge in [0, 0.05) is 13.2 Å². The Morgan fingerprint density at radius 1 is 1.33 bits per heavy atom. The van der Waals surface area contributed by atoms with E-state index < -0.39 is 11.7 Å². The van der Waals surface area contributed by atoms with Crippen molar-refractivity contribution in [2.45, 2.75) is 25.6 Å². The zero-order valence-electron chi connectivity index (χ0n) is 12.4. The standard InChI is InChI=1S/C16H23NO4/c1-16(20-11-12-21-16)14(8-10-18)15(19)17-9-7-13-5-3-2-4-6-13/h2-6,14,18H,7-12H2,1H3,(H,17,19). The summed E-state index contributed by atoms with van der Waals surface area (Å²) >= 11 is 0. The number of benzene rings is 1. The van der Waals surface area contributed by atoms with E-state index in [2.05, 4.69) is 5.32 Å². The van der Waals surface area contributed by atoms with Gasteiger partial charge in [0.2, 0.25) is 5.91 Å². The van der Waals surface area contributed by atoms with Crippen LogP contribution >= 0.6 is 0 Å². The third-order valence-corrected chi connectivity index (χ3v) is 3.78. The molecule has 1 aliphatic rings. The summed E-state index contributed by atoms with van der Waals surface area (Å²) in [6.07, 6.45) is 1.10. The van der Waals surface area contributed by atoms with Crippen LogP contribution in [-0.4, -0.2) is 43.2 Å². The summed E-state index contributed by atoms with van der Waals surface area (Å²) in [5, 5.41) is 12.1. The van der Waals surface area contributed by atoms with Crippen molar-refractivity contribution in [3.8, 4) is 0 Å². The van der Waals surface area contributed by atoms with E-state index in [0.29, 0.717) is 26.2 Å². The van der Waals surface area contributed by atoms with Crippen molar-refractivity contribution in [1.82, 2.24) is 5.32 Å². The molecule has 0 radical (unpaired) electrons. The monoisotopic (exact) mass is 293 g/mol. The van der Waals surface area contributed by atoms with Crippen molar-refractivity contribution in [3.63, 3.8) is 0 Å². The molecule has 5 nitrogen and oxygen atoms in total. The lowest BCUT2D eigenvalue weighted by Crippen LogP contribution is -2.46. The average molecular weight is 293 g/mol. The highest BCUT2D eigenvalue weighted by molar-refractivity contribution is 5.79. The maximum Gasteiger partial charge on any atom is 0.228 e. The Bertz CT molecular complexity index is 443. The molecule has 2 N–H and O–H groups in total. The minimum Gasteiger partial charge on any atom is -0.396 e. The number of hydrogen-bond acceptors (Lipinski definition) is 4. The van der Waals surface area contributed by atoms with Crippen molar-refractivity contribution >= 4 is 5.91 Å². The quantitative estimate of drug-likeness (QED) is 0.790. The van der Waals surface area contributed by atoms with Gasteiger partial charge in [-0.25, -0.2) is 0 Å². The Hall–Kier alpha value is -1.43. The van der Waals surface area contributed by atoms with E-state index in [0.717, 1.165) is 6.42 Å². The molecule has 1 saturated heterocycles. The van der Waals surface area contributed by atoms with E-state index in [9.17, 15) is 9.90 Å². The van der Waals surface area contributed by atoms with Crippen molar-refractivity contribution in [1.29, 1.82) is 0 Å². The molecule has 1 atom stereocenters. The van der Waals surface area contributed by atoms with Crippen LogP contribution in [0.1, 0.15) is 18.9 Å². The summed E-state index contributed by atoms with van der Waals surface area (Å²) in [4.78, 5) is 12.3. The highest BCUT2D eigenvalue weighted by Gasteiger charge is 2.43. The number of ether oxygens (including phenoxy) is 2. The lowest BCUT2D eigenvalue weighted by molar-refractivity contribution is -0.189. The molecule has 0 bridgehead atoms. The van der Waals surface area contributed by atoms with Gasteiger partial charge in [0.25, 0.3) is 0 Å². The molecule has 2 rings (SSSR count). The second kappa shape index (κ2) is 7.54. The Balaban J connectivity index is 1.87. The van der Waals surface area contributed by atoms with Crippen LogP contribution < -0.4 is 5.32 Å². The fraction of sp³-hybridized carbons (Fsp3) is 0.562. The summed E-state index contributed by atoms with van der Waals surface area (Å²) in [5.41, 5.74) is 1.18. The van der Waals surface area contributed by atoms with E-state index in [1.165, 1.54) is 5.56 Å². The van der Waals surface area contributed by atoms with Crippen LogP contribution in [0.15, 0.2) is 30.3 Å². The van der Waals surface area contributed by atoms with E-state index in [1.807, 2.05) is 30.3 Å². The Morgan fingerprint density at radius 2 is 2.00 bits per heavy atom. The molecule has 1 fully saturated rings. The van der Waals surface area contributed by atoms with E-state index >= 15 is 0 Å². The third kappa shape index (κ3) is 4.27.